The quantitative estimate of drug-likeness (QED) is 0.0496. The van der Waals surface area contributed by atoms with E-state index in [4.69, 9.17) is 43.4 Å². The SMILES string of the molecule is COC(=O)[C@@]1(SCCOCCOCCN=[N+]=[N-])C[C@H](OC(C)=O)[C@@H](NC(C)=O)[C@H]([C@H](OC(C)=O)[C@@H](COC(C)=O)OC(C)=O)O1. The maximum absolute atomic E-state index is 13.3. The number of nitrogens with one attached hydrogen (secondary N) is 1. The zero-order chi connectivity index (χ0) is 34.0. The van der Waals surface area contributed by atoms with Gasteiger partial charge in [0, 0.05) is 58.2 Å². The predicted octanol–water partition coefficient (Wildman–Crippen LogP) is 0.584. The average Bonchev–Trinajstić information content (AvgIpc) is 2.95. The lowest BCUT2D eigenvalue weighted by molar-refractivity contribution is -0.224. The van der Waals surface area contributed by atoms with Gasteiger partial charge in [0.1, 0.15) is 18.8 Å². The highest BCUT2D eigenvalue weighted by molar-refractivity contribution is 8.01. The number of carbonyl (C=O) groups excluding carboxylic acids is 6. The van der Waals surface area contributed by atoms with E-state index in [-0.39, 0.29) is 45.1 Å². The van der Waals surface area contributed by atoms with Crippen molar-refractivity contribution in [1.29, 1.82) is 0 Å². The molecule has 1 amide bonds. The second-order valence-corrected chi connectivity index (χ2v) is 10.8. The number of carbonyl (C=O) groups is 6. The van der Waals surface area contributed by atoms with E-state index in [1.54, 1.807) is 0 Å². The van der Waals surface area contributed by atoms with Crippen LogP contribution in [0.25, 0.3) is 10.4 Å². The smallest absolute Gasteiger partial charge is 0.348 e. The van der Waals surface area contributed by atoms with Crippen molar-refractivity contribution in [1.82, 2.24) is 5.32 Å². The van der Waals surface area contributed by atoms with Crippen LogP contribution in [0.3, 0.4) is 0 Å². The molecule has 254 valence electrons. The van der Waals surface area contributed by atoms with E-state index in [0.717, 1.165) is 46.6 Å². The molecule has 0 aromatic carbocycles. The topological polar surface area (TPSA) is 237 Å². The summed E-state index contributed by atoms with van der Waals surface area (Å²) in [5, 5.41) is 5.96. The Balaban J connectivity index is 3.47. The van der Waals surface area contributed by atoms with Crippen LogP contribution in [0.5, 0.6) is 0 Å². The van der Waals surface area contributed by atoms with Crippen LogP contribution in [0.4, 0.5) is 0 Å². The van der Waals surface area contributed by atoms with E-state index >= 15 is 0 Å². The van der Waals surface area contributed by atoms with Crippen LogP contribution < -0.4 is 5.32 Å². The monoisotopic (exact) mass is 664 g/mol. The summed E-state index contributed by atoms with van der Waals surface area (Å²) in [6.45, 7) is 5.82. The van der Waals surface area contributed by atoms with Crippen LogP contribution >= 0.6 is 11.8 Å². The number of nitrogens with zero attached hydrogens (tertiary/aromatic N) is 3. The van der Waals surface area contributed by atoms with Crippen LogP contribution in [0.1, 0.15) is 41.0 Å². The van der Waals surface area contributed by atoms with Crippen LogP contribution in [0.2, 0.25) is 0 Å². The number of amides is 1. The van der Waals surface area contributed by atoms with Gasteiger partial charge in [-0.2, -0.15) is 0 Å². The summed E-state index contributed by atoms with van der Waals surface area (Å²) >= 11 is 0.933. The van der Waals surface area contributed by atoms with Crippen LogP contribution in [0.15, 0.2) is 5.11 Å². The molecule has 1 heterocycles. The van der Waals surface area contributed by atoms with Crippen LogP contribution in [-0.4, -0.2) is 124 Å². The van der Waals surface area contributed by atoms with Crippen molar-refractivity contribution >= 4 is 47.5 Å². The lowest BCUT2D eigenvalue weighted by atomic mass is 9.89. The predicted molar refractivity (Wildman–Crippen MR) is 153 cm³/mol. The highest BCUT2D eigenvalue weighted by atomic mass is 32.2. The number of methoxy groups -OCH3 is 1. The summed E-state index contributed by atoms with van der Waals surface area (Å²) in [6.07, 6.45) is -6.15. The zero-order valence-electron chi connectivity index (χ0n) is 26.0. The summed E-state index contributed by atoms with van der Waals surface area (Å²) in [5.74, 6) is -4.56. The molecule has 1 saturated heterocycles. The van der Waals surface area contributed by atoms with E-state index in [0.29, 0.717) is 0 Å². The number of rotatable bonds is 19. The molecule has 1 N–H and O–H groups in total. The van der Waals surface area contributed by atoms with Crippen molar-refractivity contribution in [3.8, 4) is 0 Å². The minimum Gasteiger partial charge on any atom is -0.466 e. The highest BCUT2D eigenvalue weighted by Gasteiger charge is 2.58. The minimum absolute atomic E-state index is 0.0976. The van der Waals surface area contributed by atoms with Gasteiger partial charge in [-0.05, 0) is 5.53 Å². The number of hydrogen-bond donors (Lipinski definition) is 1. The standard InChI is InChI=1S/C26H40N4O14S/c1-15(31)29-22-20(41-17(3)33)13-26(25(36)37-6,45-12-11-39-10-9-38-8-7-28-30-27)44-24(22)23(43-19(5)35)21(42-18(4)34)14-40-16(2)32/h20-24H,7-14H2,1-6H3,(H,29,31)/t20-,21+,22+,23+,24+,26-/m0/s1. The van der Waals surface area contributed by atoms with Gasteiger partial charge in [-0.15, -0.1) is 11.8 Å². The number of azide groups is 1. The van der Waals surface area contributed by atoms with Crippen molar-refractivity contribution in [3.05, 3.63) is 10.4 Å². The molecule has 1 rings (SSSR count). The van der Waals surface area contributed by atoms with Gasteiger partial charge in [0.2, 0.25) is 10.8 Å². The molecular formula is C26H40N4O14S. The molecule has 19 heteroatoms. The van der Waals surface area contributed by atoms with Crippen molar-refractivity contribution in [2.45, 2.75) is 76.4 Å². The Hall–Kier alpha value is -3.64. The first kappa shape index (κ1) is 39.4. The van der Waals surface area contributed by atoms with Crippen LogP contribution in [-0.2, 0) is 66.7 Å². The van der Waals surface area contributed by atoms with Gasteiger partial charge in [0.25, 0.3) is 0 Å². The van der Waals surface area contributed by atoms with Crippen LogP contribution in [0, 0.1) is 0 Å². The Morgan fingerprint density at radius 1 is 0.956 bits per heavy atom. The molecule has 0 bridgehead atoms. The largest absolute Gasteiger partial charge is 0.466 e. The Kier molecular flexibility index (Phi) is 17.9. The maximum atomic E-state index is 13.3. The molecular weight excluding hydrogens is 624 g/mol. The molecule has 0 aliphatic carbocycles. The van der Waals surface area contributed by atoms with Gasteiger partial charge < -0.3 is 43.2 Å². The highest BCUT2D eigenvalue weighted by Crippen LogP contribution is 2.42. The van der Waals surface area contributed by atoms with Gasteiger partial charge in [0.05, 0.1) is 39.6 Å². The molecule has 0 aromatic heterocycles. The molecule has 0 radical (unpaired) electrons. The van der Waals surface area contributed by atoms with Crippen molar-refractivity contribution in [2.75, 3.05) is 52.4 Å². The fraction of sp³-hybridized carbons (Fsp3) is 0.769. The lowest BCUT2D eigenvalue weighted by Gasteiger charge is -2.48. The third-order valence-electron chi connectivity index (χ3n) is 5.83. The number of ether oxygens (including phenoxy) is 8. The summed E-state index contributed by atoms with van der Waals surface area (Å²) in [6, 6.07) is -1.25. The fourth-order valence-corrected chi connectivity index (χ4v) is 5.48. The van der Waals surface area contributed by atoms with Crippen molar-refractivity contribution in [3.63, 3.8) is 0 Å². The third kappa shape index (κ3) is 14.3. The second kappa shape index (κ2) is 20.4. The van der Waals surface area contributed by atoms with Gasteiger partial charge in [0.15, 0.2) is 12.2 Å². The zero-order valence-corrected chi connectivity index (χ0v) is 26.8. The summed E-state index contributed by atoms with van der Waals surface area (Å²) in [5.41, 5.74) is 8.28. The second-order valence-electron chi connectivity index (χ2n) is 9.46. The van der Waals surface area contributed by atoms with E-state index in [1.807, 2.05) is 0 Å². The number of esters is 5. The molecule has 6 atom stereocenters. The first-order valence-corrected chi connectivity index (χ1v) is 14.7. The maximum Gasteiger partial charge on any atom is 0.348 e. The van der Waals surface area contributed by atoms with Gasteiger partial charge >= 0.3 is 29.8 Å². The molecule has 0 unspecified atom stereocenters. The lowest BCUT2D eigenvalue weighted by Crippen LogP contribution is -2.68. The Morgan fingerprint density at radius 2 is 1.60 bits per heavy atom. The molecule has 18 nitrogen and oxygen atoms in total. The van der Waals surface area contributed by atoms with Crippen molar-refractivity contribution in [2.24, 2.45) is 5.11 Å². The van der Waals surface area contributed by atoms with E-state index in [9.17, 15) is 28.8 Å². The molecule has 0 aromatic rings. The molecule has 1 aliphatic heterocycles. The first-order chi connectivity index (χ1) is 21.3. The fourth-order valence-electron chi connectivity index (χ4n) is 4.29. The summed E-state index contributed by atoms with van der Waals surface area (Å²) in [7, 11) is 1.11. The van der Waals surface area contributed by atoms with Gasteiger partial charge in [-0.3, -0.25) is 24.0 Å². The van der Waals surface area contributed by atoms with Gasteiger partial charge in [-0.25, -0.2) is 4.79 Å². The number of hydrogen-bond acceptors (Lipinski definition) is 16. The Bertz CT molecular complexity index is 1090. The third-order valence-corrected chi connectivity index (χ3v) is 7.10. The summed E-state index contributed by atoms with van der Waals surface area (Å²) in [4.78, 5) is 74.5. The van der Waals surface area contributed by atoms with Crippen molar-refractivity contribution < 1.29 is 66.7 Å². The number of thioether (sulfide) groups is 1. The molecule has 45 heavy (non-hydrogen) atoms. The molecule has 1 aliphatic rings. The Labute approximate surface area is 264 Å². The normalized spacial score (nSPS) is 22.0. The van der Waals surface area contributed by atoms with E-state index < -0.39 is 77.8 Å². The molecule has 0 spiro atoms. The molecule has 1 fully saturated rings. The van der Waals surface area contributed by atoms with E-state index in [2.05, 4.69) is 15.3 Å². The first-order valence-electron chi connectivity index (χ1n) is 13.7. The minimum atomic E-state index is -1.91. The van der Waals surface area contributed by atoms with E-state index in [1.165, 1.54) is 6.92 Å². The molecule has 0 saturated carbocycles. The average molecular weight is 665 g/mol. The Morgan fingerprint density at radius 3 is 2.13 bits per heavy atom. The van der Waals surface area contributed by atoms with Gasteiger partial charge in [-0.1, -0.05) is 5.11 Å². The summed E-state index contributed by atoms with van der Waals surface area (Å²) < 4.78 is 43.6.